The van der Waals surface area contributed by atoms with Crippen LogP contribution in [0.5, 0.6) is 17.5 Å². The monoisotopic (exact) mass is 592 g/mol. The van der Waals surface area contributed by atoms with Gasteiger partial charge in [0.05, 0.1) is 17.1 Å². The van der Waals surface area contributed by atoms with Gasteiger partial charge in [-0.2, -0.15) is 0 Å². The smallest absolute Gasteiger partial charge is 0.225 e. The summed E-state index contributed by atoms with van der Waals surface area (Å²) in [6.07, 6.45) is 5.01. The van der Waals surface area contributed by atoms with E-state index in [0.717, 1.165) is 32.2 Å². The molecule has 0 bridgehead atoms. The number of phenols is 1. The van der Waals surface area contributed by atoms with Gasteiger partial charge in [-0.3, -0.25) is 0 Å². The summed E-state index contributed by atoms with van der Waals surface area (Å²) < 4.78 is 59.6. The lowest BCUT2D eigenvalue weighted by Crippen LogP contribution is -2.42. The lowest BCUT2D eigenvalue weighted by Gasteiger charge is -2.31. The molecule has 0 saturated carbocycles. The molecule has 2 aromatic carbocycles. The van der Waals surface area contributed by atoms with E-state index in [2.05, 4.69) is 15.2 Å². The Morgan fingerprint density at radius 2 is 1.93 bits per heavy atom. The molecule has 2 N–H and O–H groups in total. The maximum Gasteiger partial charge on any atom is 0.225 e. The third-order valence-corrected chi connectivity index (χ3v) is 9.16. The van der Waals surface area contributed by atoms with E-state index in [9.17, 15) is 9.50 Å². The fraction of sp³-hybridized carbons (Fsp3) is 0.455. The first-order valence-electron chi connectivity index (χ1n) is 15.3. The molecule has 2 aromatic heterocycles. The summed E-state index contributed by atoms with van der Waals surface area (Å²) in [5, 5.41) is 15.2. The molecule has 0 amide bonds. The number of phenolic OH excluding ortho intramolecular Hbond substituents is 1. The van der Waals surface area contributed by atoms with Gasteiger partial charge in [-0.15, -0.1) is 0 Å². The van der Waals surface area contributed by atoms with E-state index in [1.165, 1.54) is 18.2 Å². The van der Waals surface area contributed by atoms with Crippen molar-refractivity contribution in [3.63, 3.8) is 0 Å². The number of pyridine rings is 2. The number of rotatable bonds is 5. The van der Waals surface area contributed by atoms with Crippen molar-refractivity contribution in [1.82, 2.24) is 15.3 Å². The summed E-state index contributed by atoms with van der Waals surface area (Å²) in [7, 11) is 0. The summed E-state index contributed by atoms with van der Waals surface area (Å²) in [5.41, 5.74) is -0.264. The minimum absolute atomic E-state index is 0.0124. The van der Waals surface area contributed by atoms with Gasteiger partial charge in [-0.25, -0.2) is 23.1 Å². The van der Waals surface area contributed by atoms with E-state index in [1.807, 2.05) is 6.92 Å². The number of anilines is 1. The first kappa shape index (κ1) is 28.0. The minimum atomic E-state index is -1.50. The largest absolute Gasteiger partial charge is 0.508 e. The zero-order chi connectivity index (χ0) is 29.7. The highest BCUT2D eigenvalue weighted by Crippen LogP contribution is 2.45. The average Bonchev–Trinajstić information content (AvgIpc) is 3.32. The molecule has 226 valence electrons. The van der Waals surface area contributed by atoms with Crippen molar-refractivity contribution in [2.24, 2.45) is 0 Å². The summed E-state index contributed by atoms with van der Waals surface area (Å²) in [6, 6.07) is 7.65. The minimum Gasteiger partial charge on any atom is -0.508 e. The molecular weight excluding hydrogens is 557 g/mol. The maximum absolute atomic E-state index is 16.8. The van der Waals surface area contributed by atoms with Crippen LogP contribution in [0.3, 0.4) is 0 Å². The van der Waals surface area contributed by atoms with Crippen molar-refractivity contribution in [3.05, 3.63) is 47.5 Å². The topological polar surface area (TPSA) is 79.7 Å². The second-order valence-corrected chi connectivity index (χ2v) is 12.0. The Hall–Kier alpha value is -3.79. The zero-order valence-electron chi connectivity index (χ0n) is 24.2. The van der Waals surface area contributed by atoms with Gasteiger partial charge in [0.15, 0.2) is 5.82 Å². The number of piperidine rings is 1. The highest BCUT2D eigenvalue weighted by atomic mass is 19.1. The number of aromatic nitrogens is 2. The Morgan fingerprint density at radius 1 is 1.09 bits per heavy atom. The molecule has 1 atom stereocenters. The number of ether oxygens (including phenoxy) is 2. The van der Waals surface area contributed by atoms with Gasteiger partial charge < -0.3 is 24.8 Å². The second-order valence-electron chi connectivity index (χ2n) is 12.0. The Morgan fingerprint density at radius 3 is 2.74 bits per heavy atom. The summed E-state index contributed by atoms with van der Waals surface area (Å²) >= 11 is 0. The summed E-state index contributed by atoms with van der Waals surface area (Å²) in [4.78, 5) is 11.5. The van der Waals surface area contributed by atoms with Crippen LogP contribution in [0.25, 0.3) is 32.9 Å². The predicted molar refractivity (Wildman–Crippen MR) is 160 cm³/mol. The third kappa shape index (κ3) is 4.99. The van der Waals surface area contributed by atoms with E-state index in [-0.39, 0.29) is 46.9 Å². The first-order chi connectivity index (χ1) is 20.8. The van der Waals surface area contributed by atoms with E-state index >= 15 is 8.78 Å². The van der Waals surface area contributed by atoms with Crippen LogP contribution in [0.2, 0.25) is 0 Å². The molecule has 5 heterocycles. The van der Waals surface area contributed by atoms with E-state index < -0.39 is 17.3 Å². The quantitative estimate of drug-likeness (QED) is 0.270. The number of aromatic hydroxyl groups is 1. The normalized spacial score (nSPS) is 19.9. The molecule has 0 spiro atoms. The van der Waals surface area contributed by atoms with Crippen molar-refractivity contribution < 1.29 is 27.8 Å². The lowest BCUT2D eigenvalue weighted by atomic mass is 9.94. The van der Waals surface area contributed by atoms with Gasteiger partial charge in [-0.1, -0.05) is 25.8 Å². The van der Waals surface area contributed by atoms with Gasteiger partial charge in [0.25, 0.3) is 0 Å². The Bertz CT molecular complexity index is 1710. The number of halogens is 3. The van der Waals surface area contributed by atoms with Crippen LogP contribution < -0.4 is 19.7 Å². The molecule has 43 heavy (non-hydrogen) atoms. The molecule has 0 radical (unpaired) electrons. The second kappa shape index (κ2) is 11.0. The van der Waals surface area contributed by atoms with Crippen molar-refractivity contribution >= 4 is 27.4 Å². The van der Waals surface area contributed by atoms with E-state index in [0.29, 0.717) is 66.4 Å². The van der Waals surface area contributed by atoms with E-state index in [4.69, 9.17) is 14.5 Å². The fourth-order valence-electron chi connectivity index (χ4n) is 6.88. The molecule has 0 aliphatic carbocycles. The van der Waals surface area contributed by atoms with Gasteiger partial charge in [0.1, 0.15) is 41.7 Å². The lowest BCUT2D eigenvalue weighted by molar-refractivity contribution is 0.0520. The van der Waals surface area contributed by atoms with Gasteiger partial charge in [0, 0.05) is 18.2 Å². The Kier molecular flexibility index (Phi) is 7.19. The molecule has 3 aliphatic rings. The standard InChI is InChI=1S/C33H35F3N4O3/c1-2-22-24(34)8-7-19-14-21(41)15-23(27(19)22)30-29(35)31-28-25(16-26(38-31)43-18-33(36)9-11-37-12-10-33)40-13-5-3-4-6-20(40)17-42-32(28)39-30/h7-8,14-16,20,37,41H,2-6,9-13,17-18H2,1H3. The number of nitrogens with one attached hydrogen (secondary N) is 1. The molecule has 3 aliphatic heterocycles. The van der Waals surface area contributed by atoms with Crippen molar-refractivity contribution in [2.75, 3.05) is 37.7 Å². The number of alkyl halides is 1. The number of hydrogen-bond acceptors (Lipinski definition) is 7. The van der Waals surface area contributed by atoms with Crippen LogP contribution in [0.4, 0.5) is 18.9 Å². The molecule has 1 unspecified atom stereocenters. The van der Waals surface area contributed by atoms with Gasteiger partial charge in [0.2, 0.25) is 11.8 Å². The number of fused-ring (bicyclic) bond motifs is 3. The number of benzene rings is 2. The van der Waals surface area contributed by atoms with Crippen LogP contribution in [0.1, 0.15) is 51.0 Å². The number of hydrogen-bond donors (Lipinski definition) is 2. The highest BCUT2D eigenvalue weighted by molar-refractivity contribution is 6.04. The van der Waals surface area contributed by atoms with Crippen molar-refractivity contribution in [3.8, 4) is 28.8 Å². The number of aryl methyl sites for hydroxylation is 1. The first-order valence-corrected chi connectivity index (χ1v) is 15.3. The fourth-order valence-corrected chi connectivity index (χ4v) is 6.88. The van der Waals surface area contributed by atoms with Crippen molar-refractivity contribution in [2.45, 2.75) is 63.6 Å². The average molecular weight is 593 g/mol. The van der Waals surface area contributed by atoms with Crippen LogP contribution in [0, 0.1) is 11.6 Å². The molecule has 2 saturated heterocycles. The molecule has 2 fully saturated rings. The number of nitrogens with zero attached hydrogens (tertiary/aromatic N) is 3. The van der Waals surface area contributed by atoms with E-state index in [1.54, 1.807) is 12.1 Å². The van der Waals surface area contributed by atoms with Crippen LogP contribution in [-0.4, -0.2) is 59.6 Å². The van der Waals surface area contributed by atoms with Crippen LogP contribution in [-0.2, 0) is 6.42 Å². The molecule has 7 rings (SSSR count). The van der Waals surface area contributed by atoms with Crippen molar-refractivity contribution in [1.29, 1.82) is 0 Å². The maximum atomic E-state index is 16.8. The molecule has 10 heteroatoms. The van der Waals surface area contributed by atoms with Gasteiger partial charge in [-0.05, 0) is 79.7 Å². The summed E-state index contributed by atoms with van der Waals surface area (Å²) in [5.74, 6) is -0.902. The molecule has 7 nitrogen and oxygen atoms in total. The van der Waals surface area contributed by atoms with Crippen LogP contribution >= 0.6 is 0 Å². The third-order valence-electron chi connectivity index (χ3n) is 9.16. The van der Waals surface area contributed by atoms with Gasteiger partial charge >= 0.3 is 0 Å². The Balaban J connectivity index is 1.45. The molecular formula is C33H35F3N4O3. The zero-order valence-corrected chi connectivity index (χ0v) is 24.2. The summed E-state index contributed by atoms with van der Waals surface area (Å²) in [6.45, 7) is 3.88. The SMILES string of the molecule is CCc1c(F)ccc2cc(O)cc(-c3nc4c5c(cc(OCC6(F)CCNCC6)nc5c3F)N3CCCCCC3CO4)c12. The molecule has 4 aromatic rings. The van der Waals surface area contributed by atoms with Crippen LogP contribution in [0.15, 0.2) is 30.3 Å². The predicted octanol–water partition coefficient (Wildman–Crippen LogP) is 6.61. The Labute approximate surface area is 248 Å². The highest BCUT2D eigenvalue weighted by Gasteiger charge is 2.35.